The Morgan fingerprint density at radius 3 is 2.26 bits per heavy atom. The minimum Gasteiger partial charge on any atom is -0.489 e. The number of carbonyl (C=O) groups excluding carboxylic acids is 5. The van der Waals surface area contributed by atoms with Crippen molar-refractivity contribution in [2.24, 2.45) is 5.92 Å². The number of fused-ring (bicyclic) bond motifs is 1. The minimum absolute atomic E-state index is 0.0658. The molecular weight excluding hydrogens is 747 g/mol. The fraction of sp³-hybridized carbons (Fsp3) is 0.425. The second-order valence-corrected chi connectivity index (χ2v) is 14.8. The molecule has 57 heavy (non-hydrogen) atoms. The molecular formula is C40H42F3N7O7. The van der Waals surface area contributed by atoms with Crippen molar-refractivity contribution < 1.29 is 46.6 Å². The molecule has 7 rings (SSSR count). The minimum atomic E-state index is -4.70. The topological polar surface area (TPSA) is 165 Å². The van der Waals surface area contributed by atoms with E-state index < -0.39 is 35.5 Å². The molecule has 3 aromatic heterocycles. The van der Waals surface area contributed by atoms with Crippen LogP contribution in [0.2, 0.25) is 0 Å². The number of benzene rings is 1. The highest BCUT2D eigenvalue weighted by molar-refractivity contribution is 6.04. The summed E-state index contributed by atoms with van der Waals surface area (Å²) in [5, 5.41) is 4.90. The van der Waals surface area contributed by atoms with E-state index in [2.05, 4.69) is 15.6 Å². The summed E-state index contributed by atoms with van der Waals surface area (Å²) in [6.07, 6.45) is 0.701. The molecule has 3 aliphatic rings. The first-order chi connectivity index (χ1) is 27.2. The predicted molar refractivity (Wildman–Crippen MR) is 199 cm³/mol. The van der Waals surface area contributed by atoms with Crippen molar-refractivity contribution in [3.05, 3.63) is 83.6 Å². The SMILES string of the molecule is CC(C)Oc1cc2nc(C3CCN(C(=O)C4CCN(C(=O)c5ccc(OC6CCC(=O)NC6=O)cc5)CC4)CC3)cn2cc1NC(=O)c1cccc(C(F)(F)F)n1. The fourth-order valence-electron chi connectivity index (χ4n) is 7.38. The molecule has 4 aromatic rings. The molecule has 0 bridgehead atoms. The third-order valence-corrected chi connectivity index (χ3v) is 10.4. The summed E-state index contributed by atoms with van der Waals surface area (Å²) in [6.45, 7) is 5.62. The molecule has 0 saturated carbocycles. The molecule has 6 heterocycles. The van der Waals surface area contributed by atoms with Crippen molar-refractivity contribution in [2.75, 3.05) is 31.5 Å². The standard InChI is InChI=1S/C40H42F3N7O7/c1-23(2)56-32-20-34-45-29(21-50(34)22-30(32)46-36(52)28-4-3-5-33(44-28)40(41,42)43)24-12-16-48(17-13-24)39(55)26-14-18-49(19-15-26)38(54)25-6-8-27(9-7-25)57-31-10-11-35(51)47-37(31)53/h3-9,20-24,26,31H,10-19H2,1-2H3,(H,46,52)(H,47,51,53). The van der Waals surface area contributed by atoms with Crippen LogP contribution in [-0.4, -0.2) is 92.1 Å². The molecule has 5 amide bonds. The van der Waals surface area contributed by atoms with Gasteiger partial charge in [-0.05, 0) is 75.9 Å². The number of piperidine rings is 3. The van der Waals surface area contributed by atoms with Crippen molar-refractivity contribution in [1.82, 2.24) is 29.5 Å². The van der Waals surface area contributed by atoms with Crippen LogP contribution >= 0.6 is 0 Å². The van der Waals surface area contributed by atoms with E-state index in [1.165, 1.54) is 6.07 Å². The maximum atomic E-state index is 13.6. The predicted octanol–water partition coefficient (Wildman–Crippen LogP) is 5.23. The van der Waals surface area contributed by atoms with E-state index in [0.29, 0.717) is 74.6 Å². The molecule has 0 spiro atoms. The van der Waals surface area contributed by atoms with Crippen molar-refractivity contribution in [3.8, 4) is 11.5 Å². The van der Waals surface area contributed by atoms with Gasteiger partial charge < -0.3 is 29.0 Å². The molecule has 14 nitrogen and oxygen atoms in total. The number of carbonyl (C=O) groups is 5. The third kappa shape index (κ3) is 9.02. The second kappa shape index (κ2) is 16.2. The average Bonchev–Trinajstić information content (AvgIpc) is 3.61. The summed E-state index contributed by atoms with van der Waals surface area (Å²) in [4.78, 5) is 75.2. The van der Waals surface area contributed by atoms with Crippen LogP contribution in [0.4, 0.5) is 18.9 Å². The van der Waals surface area contributed by atoms with Gasteiger partial charge in [-0.15, -0.1) is 0 Å². The number of ether oxygens (including phenoxy) is 2. The average molecular weight is 790 g/mol. The van der Waals surface area contributed by atoms with Gasteiger partial charge in [0, 0.05) is 74.9 Å². The summed E-state index contributed by atoms with van der Waals surface area (Å²) in [7, 11) is 0. The van der Waals surface area contributed by atoms with E-state index in [-0.39, 0.29) is 54.2 Å². The maximum absolute atomic E-state index is 13.6. The van der Waals surface area contributed by atoms with Gasteiger partial charge in [0.25, 0.3) is 17.7 Å². The Bertz CT molecular complexity index is 2170. The highest BCUT2D eigenvalue weighted by Crippen LogP contribution is 2.34. The number of aromatic nitrogens is 3. The Labute approximate surface area is 325 Å². The van der Waals surface area contributed by atoms with Crippen LogP contribution in [0.15, 0.2) is 60.9 Å². The van der Waals surface area contributed by atoms with Gasteiger partial charge in [0.15, 0.2) is 6.10 Å². The van der Waals surface area contributed by atoms with Gasteiger partial charge in [-0.1, -0.05) is 6.07 Å². The van der Waals surface area contributed by atoms with E-state index in [1.807, 2.05) is 24.9 Å². The lowest BCUT2D eigenvalue weighted by molar-refractivity contribution is -0.141. The normalized spacial score (nSPS) is 18.5. The van der Waals surface area contributed by atoms with Gasteiger partial charge in [0.1, 0.15) is 34.2 Å². The molecule has 3 fully saturated rings. The monoisotopic (exact) mass is 789 g/mol. The number of nitrogens with zero attached hydrogens (tertiary/aromatic N) is 5. The molecule has 1 unspecified atom stereocenters. The lowest BCUT2D eigenvalue weighted by Crippen LogP contribution is -2.46. The summed E-state index contributed by atoms with van der Waals surface area (Å²) in [5.41, 5.74) is 0.523. The zero-order valence-electron chi connectivity index (χ0n) is 31.4. The van der Waals surface area contributed by atoms with E-state index in [1.54, 1.807) is 45.8 Å². The molecule has 3 saturated heterocycles. The van der Waals surface area contributed by atoms with Crippen LogP contribution in [0.25, 0.3) is 5.65 Å². The third-order valence-electron chi connectivity index (χ3n) is 10.4. The summed E-state index contributed by atoms with van der Waals surface area (Å²) in [5.74, 6) is -1.09. The summed E-state index contributed by atoms with van der Waals surface area (Å²) in [6, 6.07) is 11.3. The number of hydrogen-bond acceptors (Lipinski definition) is 9. The molecule has 3 aliphatic heterocycles. The number of rotatable bonds is 9. The zero-order valence-corrected chi connectivity index (χ0v) is 31.4. The first-order valence-electron chi connectivity index (χ1n) is 18.9. The van der Waals surface area contributed by atoms with Crippen LogP contribution < -0.4 is 20.1 Å². The lowest BCUT2D eigenvalue weighted by atomic mass is 9.90. The van der Waals surface area contributed by atoms with Crippen molar-refractivity contribution >= 4 is 40.9 Å². The van der Waals surface area contributed by atoms with Gasteiger partial charge in [-0.3, -0.25) is 29.3 Å². The molecule has 2 N–H and O–H groups in total. The number of nitrogens with one attached hydrogen (secondary N) is 2. The number of likely N-dealkylation sites (tertiary alicyclic amines) is 2. The number of pyridine rings is 2. The van der Waals surface area contributed by atoms with Crippen LogP contribution in [0.3, 0.4) is 0 Å². The Kier molecular flexibility index (Phi) is 11.2. The Balaban J connectivity index is 0.923. The number of imide groups is 1. The number of amides is 5. The molecule has 0 aliphatic carbocycles. The number of imidazole rings is 1. The number of alkyl halides is 3. The molecule has 1 aromatic carbocycles. The molecule has 1 atom stereocenters. The molecule has 0 radical (unpaired) electrons. The molecule has 17 heteroatoms. The van der Waals surface area contributed by atoms with Gasteiger partial charge in [0.05, 0.1) is 11.8 Å². The summed E-state index contributed by atoms with van der Waals surface area (Å²) < 4.78 is 53.1. The smallest absolute Gasteiger partial charge is 0.433 e. The van der Waals surface area contributed by atoms with Crippen LogP contribution in [0.1, 0.15) is 90.5 Å². The Morgan fingerprint density at radius 1 is 0.895 bits per heavy atom. The number of hydrogen-bond donors (Lipinski definition) is 2. The highest BCUT2D eigenvalue weighted by Gasteiger charge is 2.35. The van der Waals surface area contributed by atoms with E-state index >= 15 is 0 Å². The quantitative estimate of drug-likeness (QED) is 0.216. The van der Waals surface area contributed by atoms with Gasteiger partial charge >= 0.3 is 6.18 Å². The fourth-order valence-corrected chi connectivity index (χ4v) is 7.38. The van der Waals surface area contributed by atoms with Gasteiger partial charge in [0.2, 0.25) is 11.8 Å². The highest BCUT2D eigenvalue weighted by atomic mass is 19.4. The van der Waals surface area contributed by atoms with Crippen LogP contribution in [-0.2, 0) is 20.6 Å². The van der Waals surface area contributed by atoms with Crippen molar-refractivity contribution in [3.63, 3.8) is 0 Å². The number of halogens is 3. The Morgan fingerprint density at radius 2 is 1.60 bits per heavy atom. The first-order valence-corrected chi connectivity index (χ1v) is 18.9. The van der Waals surface area contributed by atoms with Crippen molar-refractivity contribution in [2.45, 2.75) is 76.7 Å². The van der Waals surface area contributed by atoms with Crippen molar-refractivity contribution in [1.29, 1.82) is 0 Å². The second-order valence-electron chi connectivity index (χ2n) is 14.8. The maximum Gasteiger partial charge on any atom is 0.433 e. The van der Waals surface area contributed by atoms with E-state index in [9.17, 15) is 37.1 Å². The zero-order chi connectivity index (χ0) is 40.4. The van der Waals surface area contributed by atoms with Gasteiger partial charge in [-0.25, -0.2) is 9.97 Å². The van der Waals surface area contributed by atoms with E-state index in [4.69, 9.17) is 14.5 Å². The largest absolute Gasteiger partial charge is 0.489 e. The first kappa shape index (κ1) is 39.2. The number of anilines is 1. The van der Waals surface area contributed by atoms with Crippen LogP contribution in [0.5, 0.6) is 11.5 Å². The van der Waals surface area contributed by atoms with Gasteiger partial charge in [-0.2, -0.15) is 13.2 Å². The lowest BCUT2D eigenvalue weighted by Gasteiger charge is -2.37. The van der Waals surface area contributed by atoms with E-state index in [0.717, 1.165) is 17.8 Å². The van der Waals surface area contributed by atoms with Crippen LogP contribution in [0, 0.1) is 5.92 Å². The molecule has 300 valence electrons. The Hall–Kier alpha value is -6.00. The summed E-state index contributed by atoms with van der Waals surface area (Å²) >= 11 is 0.